The molecule has 2 N–H and O–H groups in total. The number of rotatable bonds is 8. The molecule has 0 radical (unpaired) electrons. The van der Waals surface area contributed by atoms with Crippen LogP contribution in [-0.2, 0) is 15.9 Å². The lowest BCUT2D eigenvalue weighted by molar-refractivity contribution is -0.169. The fraction of sp³-hybridized carbons (Fsp3) is 0.346. The molecule has 6 rings (SSSR count). The van der Waals surface area contributed by atoms with E-state index in [4.69, 9.17) is 14.2 Å². The van der Waals surface area contributed by atoms with Gasteiger partial charge in [-0.05, 0) is 18.2 Å². The van der Waals surface area contributed by atoms with Crippen molar-refractivity contribution in [3.8, 4) is 6.01 Å². The van der Waals surface area contributed by atoms with Gasteiger partial charge in [-0.25, -0.2) is 5.43 Å². The summed E-state index contributed by atoms with van der Waals surface area (Å²) in [6, 6.07) is 14.1. The van der Waals surface area contributed by atoms with E-state index >= 15 is 0 Å². The maximum absolute atomic E-state index is 5.91. The Bertz CT molecular complexity index is 1360. The minimum Gasteiger partial charge on any atom is -0.463 e. The Balaban J connectivity index is 1.18. The van der Waals surface area contributed by atoms with E-state index in [0.717, 1.165) is 35.0 Å². The van der Waals surface area contributed by atoms with Crippen LogP contribution in [0.3, 0.4) is 0 Å². The summed E-state index contributed by atoms with van der Waals surface area (Å²) in [4.78, 5) is 23.3. The Hall–Kier alpha value is -4.09. The Morgan fingerprint density at radius 1 is 1.05 bits per heavy atom. The first-order valence-corrected chi connectivity index (χ1v) is 12.4. The van der Waals surface area contributed by atoms with E-state index in [9.17, 15) is 0 Å². The van der Waals surface area contributed by atoms with Crippen molar-refractivity contribution < 1.29 is 14.2 Å². The molecule has 11 nitrogen and oxygen atoms in total. The molecule has 0 aliphatic carbocycles. The van der Waals surface area contributed by atoms with Crippen molar-refractivity contribution >= 4 is 29.0 Å². The van der Waals surface area contributed by atoms with Gasteiger partial charge >= 0.3 is 6.01 Å². The number of pyridine rings is 1. The van der Waals surface area contributed by atoms with E-state index in [1.54, 1.807) is 12.4 Å². The minimum absolute atomic E-state index is 0.236. The largest absolute Gasteiger partial charge is 0.463 e. The van der Waals surface area contributed by atoms with Crippen LogP contribution in [0.15, 0.2) is 60.0 Å². The van der Waals surface area contributed by atoms with Crippen LogP contribution in [0.25, 0.3) is 10.9 Å². The van der Waals surface area contributed by atoms with E-state index in [0.29, 0.717) is 51.2 Å². The molecule has 1 spiro atoms. The van der Waals surface area contributed by atoms with Gasteiger partial charge in [-0.2, -0.15) is 20.1 Å². The number of nitrogens with one attached hydrogen (secondary N) is 2. The lowest BCUT2D eigenvalue weighted by atomic mass is 10.0. The zero-order valence-corrected chi connectivity index (χ0v) is 20.3. The van der Waals surface area contributed by atoms with Crippen LogP contribution < -0.4 is 15.1 Å². The average molecular weight is 501 g/mol. The van der Waals surface area contributed by atoms with Crippen LogP contribution >= 0.6 is 0 Å². The number of piperidine rings is 1. The van der Waals surface area contributed by atoms with Gasteiger partial charge in [-0.3, -0.25) is 4.98 Å². The first-order chi connectivity index (χ1) is 18.3. The molecule has 0 saturated carbocycles. The number of aromatic amines is 1. The van der Waals surface area contributed by atoms with E-state index < -0.39 is 5.79 Å². The molecule has 0 atom stereocenters. The molecule has 0 bridgehead atoms. The first kappa shape index (κ1) is 23.3. The Kier molecular flexibility index (Phi) is 6.61. The molecule has 37 heavy (non-hydrogen) atoms. The summed E-state index contributed by atoms with van der Waals surface area (Å²) >= 11 is 0. The summed E-state index contributed by atoms with van der Waals surface area (Å²) in [5, 5.41) is 5.46. The van der Waals surface area contributed by atoms with Crippen LogP contribution in [0.2, 0.25) is 0 Å². The second kappa shape index (κ2) is 10.5. The molecule has 0 unspecified atom stereocenters. The fourth-order valence-corrected chi connectivity index (χ4v) is 4.59. The predicted molar refractivity (Wildman–Crippen MR) is 139 cm³/mol. The summed E-state index contributed by atoms with van der Waals surface area (Å²) in [5.41, 5.74) is 5.90. The van der Waals surface area contributed by atoms with Crippen molar-refractivity contribution in [1.29, 1.82) is 0 Å². The number of hydrogen-bond donors (Lipinski definition) is 2. The maximum atomic E-state index is 5.91. The molecule has 2 aliphatic rings. The van der Waals surface area contributed by atoms with E-state index in [2.05, 4.69) is 40.3 Å². The Morgan fingerprint density at radius 3 is 2.73 bits per heavy atom. The van der Waals surface area contributed by atoms with Gasteiger partial charge in [0.25, 0.3) is 5.95 Å². The number of para-hydroxylation sites is 1. The lowest BCUT2D eigenvalue weighted by Crippen LogP contribution is -2.45. The number of hydrogen-bond acceptors (Lipinski definition) is 10. The Labute approximate surface area is 213 Å². The molecule has 2 aliphatic heterocycles. The van der Waals surface area contributed by atoms with Crippen molar-refractivity contribution in [3.63, 3.8) is 0 Å². The Morgan fingerprint density at radius 2 is 1.89 bits per heavy atom. The molecule has 4 aromatic rings. The number of benzene rings is 1. The highest BCUT2D eigenvalue weighted by molar-refractivity contribution is 5.99. The second-order valence-electron chi connectivity index (χ2n) is 8.92. The maximum Gasteiger partial charge on any atom is 0.323 e. The minimum atomic E-state index is -0.476. The van der Waals surface area contributed by atoms with E-state index in [-0.39, 0.29) is 6.01 Å². The number of ether oxygens (including phenoxy) is 3. The second-order valence-corrected chi connectivity index (χ2v) is 8.92. The summed E-state index contributed by atoms with van der Waals surface area (Å²) in [5.74, 6) is 0.360. The molecule has 5 heterocycles. The van der Waals surface area contributed by atoms with E-state index in [1.165, 1.54) is 0 Å². The zero-order valence-electron chi connectivity index (χ0n) is 20.3. The average Bonchev–Trinajstić information content (AvgIpc) is 3.57. The van der Waals surface area contributed by atoms with Crippen molar-refractivity contribution in [3.05, 3.63) is 66.1 Å². The van der Waals surface area contributed by atoms with Crippen molar-refractivity contribution in [1.82, 2.24) is 24.9 Å². The van der Waals surface area contributed by atoms with Gasteiger partial charge in [0.2, 0.25) is 5.95 Å². The number of fused-ring (bicyclic) bond motifs is 1. The van der Waals surface area contributed by atoms with Gasteiger partial charge in [0.05, 0.1) is 26.0 Å². The first-order valence-electron chi connectivity index (χ1n) is 12.4. The summed E-state index contributed by atoms with van der Waals surface area (Å²) in [7, 11) is 0. The summed E-state index contributed by atoms with van der Waals surface area (Å²) in [6.07, 6.45) is 7.56. The highest BCUT2D eigenvalue weighted by Crippen LogP contribution is 2.32. The number of hydrazone groups is 1. The zero-order chi connectivity index (χ0) is 24.9. The third kappa shape index (κ3) is 5.37. The normalized spacial score (nSPS) is 17.1. The topological polar surface area (TPSA) is 123 Å². The molecule has 3 aromatic heterocycles. The quantitative estimate of drug-likeness (QED) is 0.277. The third-order valence-corrected chi connectivity index (χ3v) is 6.53. The molecule has 1 aromatic carbocycles. The van der Waals surface area contributed by atoms with Crippen molar-refractivity contribution in [2.24, 2.45) is 5.10 Å². The molecule has 11 heteroatoms. The van der Waals surface area contributed by atoms with Crippen LogP contribution in [-0.4, -0.2) is 69.8 Å². The van der Waals surface area contributed by atoms with E-state index in [1.807, 2.05) is 48.7 Å². The molecule has 190 valence electrons. The van der Waals surface area contributed by atoms with Gasteiger partial charge in [0.15, 0.2) is 5.79 Å². The van der Waals surface area contributed by atoms with Gasteiger partial charge < -0.3 is 24.1 Å². The molecular formula is C26H28N8O3. The van der Waals surface area contributed by atoms with Crippen LogP contribution in [0.4, 0.5) is 11.9 Å². The van der Waals surface area contributed by atoms with Crippen LogP contribution in [0, 0.1) is 0 Å². The highest BCUT2D eigenvalue weighted by atomic mass is 16.7. The molecule has 2 fully saturated rings. The number of anilines is 2. The summed E-state index contributed by atoms with van der Waals surface area (Å²) < 4.78 is 17.6. The summed E-state index contributed by atoms with van der Waals surface area (Å²) in [6.45, 7) is 3.08. The van der Waals surface area contributed by atoms with Gasteiger partial charge in [-0.1, -0.05) is 24.3 Å². The van der Waals surface area contributed by atoms with Gasteiger partial charge in [-0.15, -0.1) is 0 Å². The lowest BCUT2D eigenvalue weighted by Gasteiger charge is -2.37. The van der Waals surface area contributed by atoms with Gasteiger partial charge in [0.1, 0.15) is 0 Å². The van der Waals surface area contributed by atoms with Crippen LogP contribution in [0.1, 0.15) is 24.1 Å². The molecule has 0 amide bonds. The smallest absolute Gasteiger partial charge is 0.323 e. The fourth-order valence-electron chi connectivity index (χ4n) is 4.59. The predicted octanol–water partition coefficient (Wildman–Crippen LogP) is 3.16. The standard InChI is InChI=1S/C26H28N8O3/c1-2-7-22-21(6-1)19(17-28-22)18-29-33-23-30-24(34-12-9-26(10-13-34)36-15-16-37-26)32-25(31-23)35-14-8-20-5-3-4-11-27-20/h1-7,11,17-18,28H,8-10,12-16H2,(H,30,31,32,33). The SMILES string of the molecule is C(=NNc1nc(OCCc2ccccn2)nc(N2CCC3(CC2)OCCO3)n1)c1c[nH]c2ccccc12. The monoisotopic (exact) mass is 500 g/mol. The highest BCUT2D eigenvalue weighted by Gasteiger charge is 2.40. The van der Waals surface area contributed by atoms with Crippen molar-refractivity contribution in [2.75, 3.05) is 43.2 Å². The number of aromatic nitrogens is 5. The number of H-pyrrole nitrogens is 1. The third-order valence-electron chi connectivity index (χ3n) is 6.53. The van der Waals surface area contributed by atoms with Crippen LogP contribution in [0.5, 0.6) is 6.01 Å². The van der Waals surface area contributed by atoms with Gasteiger partial charge in [0, 0.05) is 66.9 Å². The molecule has 2 saturated heterocycles. The number of nitrogens with zero attached hydrogens (tertiary/aromatic N) is 6. The molecular weight excluding hydrogens is 472 g/mol. The van der Waals surface area contributed by atoms with Crippen molar-refractivity contribution in [2.45, 2.75) is 25.0 Å².